The molecule has 0 bridgehead atoms. The monoisotopic (exact) mass is 492 g/mol. The van der Waals surface area contributed by atoms with Gasteiger partial charge in [0.25, 0.3) is 0 Å². The van der Waals surface area contributed by atoms with E-state index in [4.69, 9.17) is 9.47 Å². The maximum atomic E-state index is 12.2. The number of rotatable bonds is 10. The molecule has 190 valence electrons. The molecule has 2 aliphatic rings. The van der Waals surface area contributed by atoms with Gasteiger partial charge in [-0.3, -0.25) is 20.5 Å². The van der Waals surface area contributed by atoms with Gasteiger partial charge in [-0.15, -0.1) is 0 Å². The number of H-pyrrole nitrogens is 1. The third-order valence-electron chi connectivity index (χ3n) is 5.89. The van der Waals surface area contributed by atoms with Crippen molar-refractivity contribution < 1.29 is 14.3 Å². The van der Waals surface area contributed by atoms with Gasteiger partial charge >= 0.3 is 6.09 Å². The van der Waals surface area contributed by atoms with E-state index in [0.29, 0.717) is 30.6 Å². The number of amides is 1. The summed E-state index contributed by atoms with van der Waals surface area (Å²) in [6.45, 7) is 4.52. The zero-order valence-electron chi connectivity index (χ0n) is 20.5. The second kappa shape index (κ2) is 12.0. The van der Waals surface area contributed by atoms with Crippen LogP contribution in [0.15, 0.2) is 71.9 Å². The summed E-state index contributed by atoms with van der Waals surface area (Å²) < 4.78 is 10.8. The van der Waals surface area contributed by atoms with Crippen LogP contribution in [-0.2, 0) is 16.0 Å². The van der Waals surface area contributed by atoms with Gasteiger partial charge in [0.2, 0.25) is 0 Å². The molecule has 0 saturated heterocycles. The van der Waals surface area contributed by atoms with Gasteiger partial charge in [-0.05, 0) is 37.0 Å². The minimum atomic E-state index is -0.413. The van der Waals surface area contributed by atoms with Gasteiger partial charge in [0.05, 0.1) is 5.70 Å². The molecule has 11 heteroatoms. The van der Waals surface area contributed by atoms with Crippen LogP contribution in [0, 0.1) is 0 Å². The molecule has 0 aromatic carbocycles. The molecule has 1 fully saturated rings. The van der Waals surface area contributed by atoms with Crippen LogP contribution in [0.1, 0.15) is 36.4 Å². The number of aliphatic imine (C=N–C) groups is 1. The number of pyridine rings is 1. The van der Waals surface area contributed by atoms with E-state index in [1.165, 1.54) is 0 Å². The van der Waals surface area contributed by atoms with Crippen LogP contribution >= 0.6 is 0 Å². The Hall–Kier alpha value is -4.12. The number of methoxy groups -OCH3 is 1. The molecule has 0 spiro atoms. The minimum absolute atomic E-state index is 0.136. The van der Waals surface area contributed by atoms with Crippen LogP contribution in [0.3, 0.4) is 0 Å². The summed E-state index contributed by atoms with van der Waals surface area (Å²) in [6.07, 6.45) is 10.7. The van der Waals surface area contributed by atoms with E-state index in [9.17, 15) is 4.79 Å². The lowest BCUT2D eigenvalue weighted by molar-refractivity contribution is 0.0996. The van der Waals surface area contributed by atoms with Gasteiger partial charge in [0.15, 0.2) is 11.6 Å². The number of ether oxygens (including phenoxy) is 2. The number of hydrazine groups is 1. The maximum absolute atomic E-state index is 12.2. The van der Waals surface area contributed by atoms with E-state index >= 15 is 0 Å². The van der Waals surface area contributed by atoms with Crippen molar-refractivity contribution in [1.82, 2.24) is 30.9 Å². The number of nitrogens with zero attached hydrogens (tertiary/aromatic N) is 4. The number of carbonyl (C=O) groups excluding carboxylic acids is 1. The van der Waals surface area contributed by atoms with Crippen molar-refractivity contribution in [3.8, 4) is 0 Å². The summed E-state index contributed by atoms with van der Waals surface area (Å²) in [5.41, 5.74) is 5.84. The fraction of sp³-hybridized carbons (Fsp3) is 0.360. The first kappa shape index (κ1) is 25.0. The lowest BCUT2D eigenvalue weighted by Gasteiger charge is -2.16. The number of allylic oxidation sites excluding steroid dienone is 3. The number of nitrogens with one attached hydrogen (secondary N) is 4. The van der Waals surface area contributed by atoms with Crippen LogP contribution in [0.2, 0.25) is 0 Å². The van der Waals surface area contributed by atoms with Crippen molar-refractivity contribution in [3.05, 3.63) is 78.2 Å². The van der Waals surface area contributed by atoms with E-state index in [2.05, 4.69) is 42.8 Å². The van der Waals surface area contributed by atoms with E-state index in [-0.39, 0.29) is 12.0 Å². The summed E-state index contributed by atoms with van der Waals surface area (Å²) in [4.78, 5) is 20.9. The molecule has 4 N–H and O–H groups in total. The van der Waals surface area contributed by atoms with Crippen LogP contribution in [0.5, 0.6) is 0 Å². The molecule has 1 saturated carbocycles. The lowest BCUT2D eigenvalue weighted by atomic mass is 10.0. The van der Waals surface area contributed by atoms with Crippen LogP contribution in [0.25, 0.3) is 0 Å². The number of hydrogen-bond donors (Lipinski definition) is 4. The van der Waals surface area contributed by atoms with Gasteiger partial charge in [0, 0.05) is 50.8 Å². The Balaban J connectivity index is 1.35. The number of amidine groups is 1. The van der Waals surface area contributed by atoms with E-state index in [0.717, 1.165) is 36.2 Å². The summed E-state index contributed by atoms with van der Waals surface area (Å²) in [6, 6.07) is 5.73. The van der Waals surface area contributed by atoms with Gasteiger partial charge in [-0.2, -0.15) is 5.10 Å². The Morgan fingerprint density at radius 1 is 1.39 bits per heavy atom. The Morgan fingerprint density at radius 2 is 2.28 bits per heavy atom. The predicted molar refractivity (Wildman–Crippen MR) is 137 cm³/mol. The molecule has 36 heavy (non-hydrogen) atoms. The Morgan fingerprint density at radius 3 is 3.06 bits per heavy atom. The molecule has 2 unspecified atom stereocenters. The highest BCUT2D eigenvalue weighted by atomic mass is 16.6. The highest BCUT2D eigenvalue weighted by Gasteiger charge is 2.30. The van der Waals surface area contributed by atoms with E-state index < -0.39 is 6.09 Å². The summed E-state index contributed by atoms with van der Waals surface area (Å²) in [5, 5.41) is 15.5. The molecule has 11 nitrogen and oxygen atoms in total. The van der Waals surface area contributed by atoms with Crippen molar-refractivity contribution in [2.24, 2.45) is 4.99 Å². The average molecular weight is 493 g/mol. The topological polar surface area (TPSA) is 129 Å². The van der Waals surface area contributed by atoms with Crippen molar-refractivity contribution in [2.45, 2.75) is 37.8 Å². The second-order valence-corrected chi connectivity index (χ2v) is 8.58. The van der Waals surface area contributed by atoms with Crippen LogP contribution in [0.4, 0.5) is 10.6 Å². The second-order valence-electron chi connectivity index (χ2n) is 8.58. The van der Waals surface area contributed by atoms with E-state index in [1.807, 2.05) is 42.4 Å². The first-order chi connectivity index (χ1) is 17.6. The number of alkyl carbamates (subject to hydrolysis) is 1. The molecule has 1 amide bonds. The van der Waals surface area contributed by atoms with Crippen LogP contribution in [-0.4, -0.2) is 59.0 Å². The van der Waals surface area contributed by atoms with Gasteiger partial charge in [-0.1, -0.05) is 24.8 Å². The Bertz CT molecular complexity index is 1140. The highest BCUT2D eigenvalue weighted by molar-refractivity contribution is 5.86. The van der Waals surface area contributed by atoms with Crippen molar-refractivity contribution >= 4 is 17.7 Å². The Labute approximate surface area is 210 Å². The molecular weight excluding hydrogens is 460 g/mol. The number of aromatic amines is 1. The molecule has 1 aliphatic carbocycles. The summed E-state index contributed by atoms with van der Waals surface area (Å²) >= 11 is 0. The number of carbonyl (C=O) groups is 1. The van der Waals surface area contributed by atoms with Gasteiger partial charge in [0.1, 0.15) is 18.5 Å². The molecule has 2 atom stereocenters. The van der Waals surface area contributed by atoms with Crippen molar-refractivity contribution in [1.29, 1.82) is 0 Å². The smallest absolute Gasteiger partial charge is 0.407 e. The fourth-order valence-electron chi connectivity index (χ4n) is 4.20. The lowest BCUT2D eigenvalue weighted by Crippen LogP contribution is -2.34. The average Bonchev–Trinajstić information content (AvgIpc) is 3.62. The Kier molecular flexibility index (Phi) is 8.35. The SMILES string of the molecule is C=C/C=C\C(Nc1cc(C2CCC(OC(=O)NCc3cccnc3)C2)[nH]n1)=C1/N=C(COC)NN1C. The third kappa shape index (κ3) is 6.51. The molecule has 2 aromatic heterocycles. The quantitative estimate of drug-likeness (QED) is 0.372. The summed E-state index contributed by atoms with van der Waals surface area (Å²) in [7, 11) is 3.51. The van der Waals surface area contributed by atoms with Gasteiger partial charge < -0.3 is 20.1 Å². The highest BCUT2D eigenvalue weighted by Crippen LogP contribution is 2.36. The molecule has 1 aliphatic heterocycles. The minimum Gasteiger partial charge on any atom is -0.446 e. The van der Waals surface area contributed by atoms with Crippen molar-refractivity contribution in [2.75, 3.05) is 26.1 Å². The number of aromatic nitrogens is 3. The normalized spacial score (nSPS) is 20.7. The first-order valence-electron chi connectivity index (χ1n) is 11.8. The number of hydrogen-bond acceptors (Lipinski definition) is 9. The largest absolute Gasteiger partial charge is 0.446 e. The summed E-state index contributed by atoms with van der Waals surface area (Å²) in [5.74, 6) is 2.32. The maximum Gasteiger partial charge on any atom is 0.407 e. The third-order valence-corrected chi connectivity index (χ3v) is 5.89. The van der Waals surface area contributed by atoms with Crippen molar-refractivity contribution in [3.63, 3.8) is 0 Å². The zero-order valence-corrected chi connectivity index (χ0v) is 20.5. The van der Waals surface area contributed by atoms with Crippen LogP contribution < -0.4 is 16.1 Å². The molecule has 4 rings (SSSR count). The standard InChI is InChI=1S/C25H32N8O3/c1-4-5-8-20(24-29-23(16-35-3)32-33(24)2)28-22-13-21(30-31-22)18-9-10-19(12-18)36-25(34)27-15-17-7-6-11-26-14-17/h4-8,11,13-14,18-19H,1,9-10,12,15-16H2,2-3H3,(H,27,34)(H,29,32)(H2,28,30,31)/b8-5-,24-20-. The number of anilines is 1. The van der Waals surface area contributed by atoms with E-state index in [1.54, 1.807) is 25.6 Å². The fourth-order valence-corrected chi connectivity index (χ4v) is 4.20. The molecule has 2 aromatic rings. The molecule has 0 radical (unpaired) electrons. The van der Waals surface area contributed by atoms with Gasteiger partial charge in [-0.25, -0.2) is 9.79 Å². The predicted octanol–water partition coefficient (Wildman–Crippen LogP) is 3.19. The zero-order chi connectivity index (χ0) is 25.3. The molecular formula is C25H32N8O3. The first-order valence-corrected chi connectivity index (χ1v) is 11.8. The molecule has 3 heterocycles.